The van der Waals surface area contributed by atoms with Gasteiger partial charge in [-0.1, -0.05) is 11.6 Å². The van der Waals surface area contributed by atoms with Gasteiger partial charge in [-0.2, -0.15) is 8.78 Å². The normalized spacial score (nSPS) is 10.2. The Labute approximate surface area is 78.7 Å². The van der Waals surface area contributed by atoms with Gasteiger partial charge in [0.05, 0.1) is 11.2 Å². The second-order valence-electron chi connectivity index (χ2n) is 2.13. The fraction of sp³-hybridized carbons (Fsp3) is 0.286. The topological polar surface area (TPSA) is 34.2 Å². The van der Waals surface area contributed by atoms with Crippen molar-refractivity contribution >= 4 is 17.4 Å². The van der Waals surface area contributed by atoms with Gasteiger partial charge in [-0.25, -0.2) is 4.98 Å². The first-order valence-electron chi connectivity index (χ1n) is 3.41. The number of ether oxygens (including phenoxy) is 1. The van der Waals surface area contributed by atoms with Crippen molar-refractivity contribution in [1.82, 2.24) is 4.98 Å². The van der Waals surface area contributed by atoms with E-state index < -0.39 is 6.61 Å². The number of aromatic nitrogens is 1. The van der Waals surface area contributed by atoms with Gasteiger partial charge in [-0.15, -0.1) is 0 Å². The maximum absolute atomic E-state index is 11.7. The van der Waals surface area contributed by atoms with Crippen LogP contribution >= 0.6 is 11.6 Å². The number of nitrogens with one attached hydrogen (secondary N) is 1. The largest absolute Gasteiger partial charge is 0.433 e. The predicted molar refractivity (Wildman–Crippen MR) is 45.4 cm³/mol. The van der Waals surface area contributed by atoms with Crippen LogP contribution in [0.15, 0.2) is 12.3 Å². The minimum Gasteiger partial charge on any atom is -0.433 e. The van der Waals surface area contributed by atoms with Gasteiger partial charge in [0.1, 0.15) is 11.6 Å². The summed E-state index contributed by atoms with van der Waals surface area (Å²) in [7, 11) is 1.63. The van der Waals surface area contributed by atoms with E-state index in [2.05, 4.69) is 15.0 Å². The van der Waals surface area contributed by atoms with Crippen molar-refractivity contribution in [2.24, 2.45) is 0 Å². The van der Waals surface area contributed by atoms with Crippen molar-refractivity contribution in [1.29, 1.82) is 0 Å². The molecule has 0 amide bonds. The van der Waals surface area contributed by atoms with E-state index >= 15 is 0 Å². The lowest BCUT2D eigenvalue weighted by Crippen LogP contribution is -2.03. The van der Waals surface area contributed by atoms with Gasteiger partial charge in [0.2, 0.25) is 0 Å². The molecule has 3 nitrogen and oxygen atoms in total. The van der Waals surface area contributed by atoms with Crippen LogP contribution in [0, 0.1) is 0 Å². The zero-order chi connectivity index (χ0) is 9.84. The third kappa shape index (κ3) is 2.69. The van der Waals surface area contributed by atoms with Gasteiger partial charge < -0.3 is 10.1 Å². The molecule has 13 heavy (non-hydrogen) atoms. The monoisotopic (exact) mass is 208 g/mol. The number of halogens is 3. The molecule has 0 atom stereocenters. The predicted octanol–water partition coefficient (Wildman–Crippen LogP) is 2.38. The first kappa shape index (κ1) is 9.98. The van der Waals surface area contributed by atoms with Crippen molar-refractivity contribution in [3.8, 4) is 5.75 Å². The van der Waals surface area contributed by atoms with Crippen LogP contribution in [0.1, 0.15) is 0 Å². The lowest BCUT2D eigenvalue weighted by atomic mass is 10.4. The summed E-state index contributed by atoms with van der Waals surface area (Å²) in [4.78, 5) is 3.75. The number of hydrogen-bond acceptors (Lipinski definition) is 3. The summed E-state index contributed by atoms with van der Waals surface area (Å²) in [5, 5.41) is 2.93. The van der Waals surface area contributed by atoms with Crippen LogP contribution in [0.2, 0.25) is 5.02 Å². The highest BCUT2D eigenvalue weighted by Gasteiger charge is 2.07. The molecule has 0 saturated carbocycles. The molecule has 1 heterocycles. The first-order chi connectivity index (χ1) is 6.13. The quantitative estimate of drug-likeness (QED) is 0.828. The van der Waals surface area contributed by atoms with Gasteiger partial charge >= 0.3 is 6.61 Å². The number of nitrogens with zero attached hydrogens (tertiary/aromatic N) is 1. The number of hydrogen-bond donors (Lipinski definition) is 1. The highest BCUT2D eigenvalue weighted by molar-refractivity contribution is 6.33. The average Bonchev–Trinajstić information content (AvgIpc) is 2.03. The number of rotatable bonds is 3. The van der Waals surface area contributed by atoms with E-state index in [4.69, 9.17) is 11.6 Å². The van der Waals surface area contributed by atoms with E-state index in [0.29, 0.717) is 5.82 Å². The fourth-order valence-electron chi connectivity index (χ4n) is 0.772. The van der Waals surface area contributed by atoms with Crippen LogP contribution in [-0.4, -0.2) is 18.6 Å². The van der Waals surface area contributed by atoms with Crippen molar-refractivity contribution < 1.29 is 13.5 Å². The maximum Gasteiger partial charge on any atom is 0.387 e. The summed E-state index contributed by atoms with van der Waals surface area (Å²) in [6.07, 6.45) is 1.17. The Hall–Kier alpha value is -1.10. The van der Waals surface area contributed by atoms with E-state index in [0.717, 1.165) is 0 Å². The second kappa shape index (κ2) is 4.23. The Kier molecular flexibility index (Phi) is 3.25. The molecule has 1 N–H and O–H groups in total. The molecule has 0 bridgehead atoms. The number of pyridine rings is 1. The molecule has 0 aliphatic carbocycles. The van der Waals surface area contributed by atoms with Gasteiger partial charge in [0, 0.05) is 13.1 Å². The van der Waals surface area contributed by atoms with Gasteiger partial charge in [0.25, 0.3) is 0 Å². The Balaban J connectivity index is 2.83. The average molecular weight is 209 g/mol. The molecule has 1 rings (SSSR count). The van der Waals surface area contributed by atoms with Crippen molar-refractivity contribution in [2.45, 2.75) is 6.61 Å². The molecule has 0 spiro atoms. The zero-order valence-corrected chi connectivity index (χ0v) is 7.48. The zero-order valence-electron chi connectivity index (χ0n) is 6.72. The van der Waals surface area contributed by atoms with Crippen LogP contribution in [0.4, 0.5) is 14.6 Å². The van der Waals surface area contributed by atoms with Crippen molar-refractivity contribution in [2.75, 3.05) is 12.4 Å². The molecule has 0 saturated heterocycles. The Morgan fingerprint density at radius 3 is 2.77 bits per heavy atom. The van der Waals surface area contributed by atoms with Crippen LogP contribution < -0.4 is 10.1 Å². The van der Waals surface area contributed by atoms with Gasteiger partial charge in [-0.3, -0.25) is 0 Å². The highest BCUT2D eigenvalue weighted by atomic mass is 35.5. The Morgan fingerprint density at radius 1 is 1.62 bits per heavy atom. The third-order valence-corrected chi connectivity index (χ3v) is 1.57. The standard InChI is InChI=1S/C7H7ClF2N2O/c1-11-6-5(8)2-4(3-12-6)13-7(9)10/h2-3,7H,1H3,(H,11,12). The first-order valence-corrected chi connectivity index (χ1v) is 3.79. The molecule has 0 aliphatic heterocycles. The van der Waals surface area contributed by atoms with Crippen molar-refractivity contribution in [3.05, 3.63) is 17.3 Å². The molecule has 6 heteroatoms. The minimum atomic E-state index is -2.86. The lowest BCUT2D eigenvalue weighted by Gasteiger charge is -2.06. The van der Waals surface area contributed by atoms with Gasteiger partial charge in [-0.05, 0) is 0 Å². The SMILES string of the molecule is CNc1ncc(OC(F)F)cc1Cl. The molecule has 0 aromatic carbocycles. The van der Waals surface area contributed by atoms with Crippen molar-refractivity contribution in [3.63, 3.8) is 0 Å². The molecular formula is C7H7ClF2N2O. The molecule has 0 aliphatic rings. The minimum absolute atomic E-state index is 0.0565. The lowest BCUT2D eigenvalue weighted by molar-refractivity contribution is -0.0500. The van der Waals surface area contributed by atoms with Crippen LogP contribution in [-0.2, 0) is 0 Å². The van der Waals surface area contributed by atoms with Crippen LogP contribution in [0.3, 0.4) is 0 Å². The van der Waals surface area contributed by atoms with E-state index in [1.165, 1.54) is 12.3 Å². The molecule has 0 unspecified atom stereocenters. The number of anilines is 1. The van der Waals surface area contributed by atoms with E-state index in [-0.39, 0.29) is 10.8 Å². The van der Waals surface area contributed by atoms with Crippen LogP contribution in [0.5, 0.6) is 5.75 Å². The van der Waals surface area contributed by atoms with E-state index in [9.17, 15) is 8.78 Å². The smallest absolute Gasteiger partial charge is 0.387 e. The summed E-state index contributed by atoms with van der Waals surface area (Å²) >= 11 is 5.66. The summed E-state index contributed by atoms with van der Waals surface area (Å²) in [6, 6.07) is 1.27. The second-order valence-corrected chi connectivity index (χ2v) is 2.54. The fourth-order valence-corrected chi connectivity index (χ4v) is 1.02. The Morgan fingerprint density at radius 2 is 2.31 bits per heavy atom. The van der Waals surface area contributed by atoms with Crippen LogP contribution in [0.25, 0.3) is 0 Å². The van der Waals surface area contributed by atoms with E-state index in [1.54, 1.807) is 7.05 Å². The molecule has 1 aromatic rings. The third-order valence-electron chi connectivity index (χ3n) is 1.28. The van der Waals surface area contributed by atoms with E-state index in [1.807, 2.05) is 0 Å². The molecule has 1 aromatic heterocycles. The highest BCUT2D eigenvalue weighted by Crippen LogP contribution is 2.24. The molecule has 0 fully saturated rings. The number of alkyl halides is 2. The molecular weight excluding hydrogens is 202 g/mol. The Bertz CT molecular complexity index is 296. The summed E-state index contributed by atoms with van der Waals surface area (Å²) in [5.74, 6) is 0.363. The maximum atomic E-state index is 11.7. The molecule has 0 radical (unpaired) electrons. The summed E-state index contributed by atoms with van der Waals surface area (Å²) in [6.45, 7) is -2.86. The summed E-state index contributed by atoms with van der Waals surface area (Å²) in [5.41, 5.74) is 0. The molecule has 72 valence electrons. The summed E-state index contributed by atoms with van der Waals surface area (Å²) < 4.78 is 27.5. The van der Waals surface area contributed by atoms with Gasteiger partial charge in [0.15, 0.2) is 0 Å².